The first-order valence-corrected chi connectivity index (χ1v) is 10.6. The van der Waals surface area contributed by atoms with Crippen LogP contribution in [-0.2, 0) is 21.2 Å². The van der Waals surface area contributed by atoms with Crippen molar-refractivity contribution in [2.45, 2.75) is 11.3 Å². The summed E-state index contributed by atoms with van der Waals surface area (Å²) in [5.41, 5.74) is 0.664. The van der Waals surface area contributed by atoms with Crippen molar-refractivity contribution in [2.75, 3.05) is 32.8 Å². The first kappa shape index (κ1) is 20.7. The molecule has 0 radical (unpaired) electrons. The molecule has 3 rings (SSSR count). The summed E-state index contributed by atoms with van der Waals surface area (Å²) < 4.78 is 45.5. The van der Waals surface area contributed by atoms with Crippen LogP contribution in [-0.4, -0.2) is 51.5 Å². The molecule has 0 unspecified atom stereocenters. The van der Waals surface area contributed by atoms with E-state index in [1.165, 1.54) is 22.5 Å². The van der Waals surface area contributed by atoms with Crippen LogP contribution in [0.1, 0.15) is 15.9 Å². The number of nitrogens with zero attached hydrogens (tertiary/aromatic N) is 1. The summed E-state index contributed by atoms with van der Waals surface area (Å²) in [5, 5.41) is 2.67. The summed E-state index contributed by atoms with van der Waals surface area (Å²) in [6.45, 7) is 1.73. The number of hydrogen-bond donors (Lipinski definition) is 1. The Balaban J connectivity index is 1.58. The molecule has 0 aromatic heterocycles. The van der Waals surface area contributed by atoms with Crippen LogP contribution in [0.15, 0.2) is 47.4 Å². The van der Waals surface area contributed by atoms with Crippen LogP contribution >= 0.6 is 11.6 Å². The van der Waals surface area contributed by atoms with E-state index >= 15 is 0 Å². The van der Waals surface area contributed by atoms with Crippen molar-refractivity contribution < 1.29 is 22.3 Å². The predicted octanol–water partition coefficient (Wildman–Crippen LogP) is 2.47. The number of benzene rings is 2. The Hall–Kier alpha value is -2.00. The number of amides is 1. The molecule has 2 aromatic rings. The molecule has 1 aliphatic rings. The third-order valence-electron chi connectivity index (χ3n) is 4.42. The lowest BCUT2D eigenvalue weighted by Gasteiger charge is -2.26. The molecule has 9 heteroatoms. The minimum Gasteiger partial charge on any atom is -0.379 e. The van der Waals surface area contributed by atoms with Gasteiger partial charge in [0.1, 0.15) is 5.82 Å². The van der Waals surface area contributed by atoms with Crippen molar-refractivity contribution in [3.8, 4) is 0 Å². The minimum absolute atomic E-state index is 0.0511. The molecule has 1 heterocycles. The van der Waals surface area contributed by atoms with Crippen LogP contribution < -0.4 is 5.32 Å². The molecule has 0 spiro atoms. The van der Waals surface area contributed by atoms with Gasteiger partial charge < -0.3 is 10.1 Å². The average Bonchev–Trinajstić information content (AvgIpc) is 2.69. The highest BCUT2D eigenvalue weighted by Crippen LogP contribution is 2.19. The van der Waals surface area contributed by atoms with E-state index < -0.39 is 21.7 Å². The number of hydrogen-bond acceptors (Lipinski definition) is 4. The van der Waals surface area contributed by atoms with Crippen molar-refractivity contribution in [1.29, 1.82) is 0 Å². The molecule has 1 fully saturated rings. The van der Waals surface area contributed by atoms with Crippen LogP contribution in [0.5, 0.6) is 0 Å². The summed E-state index contributed by atoms with van der Waals surface area (Å²) in [6.07, 6.45) is 0.468. The highest BCUT2D eigenvalue weighted by Gasteiger charge is 2.26. The molecule has 1 N–H and O–H groups in total. The van der Waals surface area contributed by atoms with Crippen LogP contribution in [0.2, 0.25) is 5.02 Å². The van der Waals surface area contributed by atoms with E-state index in [9.17, 15) is 17.6 Å². The Kier molecular flexibility index (Phi) is 6.66. The SMILES string of the molecule is O=C(NCCc1ccc(S(=O)(=O)N2CCOCC2)cc1)c1c(F)cccc1Cl. The quantitative estimate of drug-likeness (QED) is 0.770. The lowest BCUT2D eigenvalue weighted by atomic mass is 10.1. The second kappa shape index (κ2) is 9.00. The topological polar surface area (TPSA) is 75.7 Å². The molecular formula is C19H20ClFN2O4S. The summed E-state index contributed by atoms with van der Waals surface area (Å²) in [7, 11) is -3.53. The van der Waals surface area contributed by atoms with Crippen molar-refractivity contribution >= 4 is 27.5 Å². The molecule has 6 nitrogen and oxygen atoms in total. The predicted molar refractivity (Wildman–Crippen MR) is 103 cm³/mol. The van der Waals surface area contributed by atoms with Gasteiger partial charge in [0.2, 0.25) is 10.0 Å². The number of ether oxygens (including phenoxy) is 1. The molecule has 150 valence electrons. The summed E-state index contributed by atoms with van der Waals surface area (Å²) in [4.78, 5) is 12.3. The molecule has 28 heavy (non-hydrogen) atoms. The Morgan fingerprint density at radius 2 is 1.82 bits per heavy atom. The molecule has 1 saturated heterocycles. The highest BCUT2D eigenvalue weighted by atomic mass is 35.5. The van der Waals surface area contributed by atoms with Gasteiger partial charge in [0.25, 0.3) is 5.91 Å². The highest BCUT2D eigenvalue weighted by molar-refractivity contribution is 7.89. The fourth-order valence-electron chi connectivity index (χ4n) is 2.89. The second-order valence-electron chi connectivity index (χ2n) is 6.26. The van der Waals surface area contributed by atoms with Gasteiger partial charge in [0.15, 0.2) is 0 Å². The zero-order valence-electron chi connectivity index (χ0n) is 15.0. The maximum atomic E-state index is 13.7. The van der Waals surface area contributed by atoms with Gasteiger partial charge in [-0.3, -0.25) is 4.79 Å². The molecule has 0 bridgehead atoms. The third kappa shape index (κ3) is 4.70. The van der Waals surface area contributed by atoms with Crippen LogP contribution in [0.25, 0.3) is 0 Å². The molecule has 0 saturated carbocycles. The van der Waals surface area contributed by atoms with Gasteiger partial charge in [-0.05, 0) is 36.2 Å². The summed E-state index contributed by atoms with van der Waals surface area (Å²) in [6, 6.07) is 10.6. The van der Waals surface area contributed by atoms with E-state index in [-0.39, 0.29) is 22.0 Å². The van der Waals surface area contributed by atoms with Gasteiger partial charge in [-0.2, -0.15) is 4.31 Å². The second-order valence-corrected chi connectivity index (χ2v) is 8.61. The fourth-order valence-corrected chi connectivity index (χ4v) is 4.54. The number of carbonyl (C=O) groups excluding carboxylic acids is 1. The van der Waals surface area contributed by atoms with Crippen LogP contribution in [0.4, 0.5) is 4.39 Å². The van der Waals surface area contributed by atoms with Gasteiger partial charge in [-0.1, -0.05) is 29.8 Å². The zero-order valence-corrected chi connectivity index (χ0v) is 16.6. The van der Waals surface area contributed by atoms with Gasteiger partial charge >= 0.3 is 0 Å². The fraction of sp³-hybridized carbons (Fsp3) is 0.316. The average molecular weight is 427 g/mol. The Morgan fingerprint density at radius 3 is 2.46 bits per heavy atom. The Morgan fingerprint density at radius 1 is 1.14 bits per heavy atom. The monoisotopic (exact) mass is 426 g/mol. The lowest BCUT2D eigenvalue weighted by molar-refractivity contribution is 0.0730. The number of nitrogens with one attached hydrogen (secondary N) is 1. The van der Waals surface area contributed by atoms with E-state index in [1.54, 1.807) is 24.3 Å². The third-order valence-corrected chi connectivity index (χ3v) is 6.65. The normalized spacial score (nSPS) is 15.4. The van der Waals surface area contributed by atoms with Gasteiger partial charge in [-0.15, -0.1) is 0 Å². The van der Waals surface area contributed by atoms with E-state index in [0.717, 1.165) is 5.56 Å². The van der Waals surface area contributed by atoms with Crippen molar-refractivity contribution in [2.24, 2.45) is 0 Å². The summed E-state index contributed by atoms with van der Waals surface area (Å²) in [5.74, 6) is -1.27. The standard InChI is InChI=1S/C19H20ClFN2O4S/c20-16-2-1-3-17(21)18(16)19(24)22-9-8-14-4-6-15(7-5-14)28(25,26)23-10-12-27-13-11-23/h1-7H,8-13H2,(H,22,24). The van der Waals surface area contributed by atoms with Crippen LogP contribution in [0.3, 0.4) is 0 Å². The number of halogens is 2. The first-order chi connectivity index (χ1) is 13.4. The Bertz CT molecular complexity index is 925. The van der Waals surface area contributed by atoms with E-state index in [2.05, 4.69) is 5.32 Å². The number of morpholine rings is 1. The van der Waals surface area contributed by atoms with E-state index in [0.29, 0.717) is 32.7 Å². The maximum absolute atomic E-state index is 13.7. The molecule has 2 aromatic carbocycles. The molecule has 1 amide bonds. The number of carbonyl (C=O) groups is 1. The lowest BCUT2D eigenvalue weighted by Crippen LogP contribution is -2.40. The minimum atomic E-state index is -3.53. The molecule has 0 aliphatic carbocycles. The smallest absolute Gasteiger partial charge is 0.255 e. The molecular weight excluding hydrogens is 407 g/mol. The van der Waals surface area contributed by atoms with Gasteiger partial charge in [-0.25, -0.2) is 12.8 Å². The van der Waals surface area contributed by atoms with Gasteiger partial charge in [0.05, 0.1) is 28.7 Å². The number of rotatable bonds is 6. The van der Waals surface area contributed by atoms with E-state index in [1.807, 2.05) is 0 Å². The largest absolute Gasteiger partial charge is 0.379 e. The molecule has 1 aliphatic heterocycles. The van der Waals surface area contributed by atoms with Crippen molar-refractivity contribution in [1.82, 2.24) is 9.62 Å². The van der Waals surface area contributed by atoms with E-state index in [4.69, 9.17) is 16.3 Å². The number of sulfonamides is 1. The first-order valence-electron chi connectivity index (χ1n) is 8.78. The Labute approximate surface area is 168 Å². The van der Waals surface area contributed by atoms with Gasteiger partial charge in [0, 0.05) is 19.6 Å². The maximum Gasteiger partial charge on any atom is 0.255 e. The molecule has 0 atom stereocenters. The van der Waals surface area contributed by atoms with Crippen molar-refractivity contribution in [3.63, 3.8) is 0 Å². The van der Waals surface area contributed by atoms with Crippen molar-refractivity contribution in [3.05, 3.63) is 64.4 Å². The summed E-state index contributed by atoms with van der Waals surface area (Å²) >= 11 is 5.87. The van der Waals surface area contributed by atoms with Crippen LogP contribution in [0, 0.1) is 5.82 Å². The zero-order chi connectivity index (χ0) is 20.1.